The number of carbonyl (C=O) groups is 1. The zero-order chi connectivity index (χ0) is 14.5. The van der Waals surface area contributed by atoms with Crippen molar-refractivity contribution in [3.8, 4) is 0 Å². The van der Waals surface area contributed by atoms with Crippen LogP contribution < -0.4 is 0 Å². The van der Waals surface area contributed by atoms with Crippen LogP contribution in [0.15, 0.2) is 18.3 Å². The van der Waals surface area contributed by atoms with Crippen LogP contribution in [0.5, 0.6) is 0 Å². The van der Waals surface area contributed by atoms with Crippen molar-refractivity contribution in [3.05, 3.63) is 24.3 Å². The van der Waals surface area contributed by atoms with E-state index in [0.29, 0.717) is 10.8 Å². The highest BCUT2D eigenvalue weighted by Gasteiger charge is 2.43. The molecule has 2 aliphatic heterocycles. The molecule has 0 aliphatic carbocycles. The van der Waals surface area contributed by atoms with Gasteiger partial charge in [0.1, 0.15) is 6.04 Å². The van der Waals surface area contributed by atoms with Crippen molar-refractivity contribution in [2.75, 3.05) is 13.1 Å². The second-order valence-electron chi connectivity index (χ2n) is 4.30. The molecule has 108 valence electrons. The average Bonchev–Trinajstić information content (AvgIpc) is 2.87. The van der Waals surface area contributed by atoms with Crippen LogP contribution in [0.1, 0.15) is 0 Å². The summed E-state index contributed by atoms with van der Waals surface area (Å²) < 4.78 is 48.4. The fraction of sp³-hybridized carbons (Fsp3) is 0.333. The van der Waals surface area contributed by atoms with Crippen molar-refractivity contribution in [1.82, 2.24) is 19.7 Å². The maximum atomic E-state index is 12.9. The third-order valence-corrected chi connectivity index (χ3v) is 3.28. The Hall–Kier alpha value is -1.98. The first kappa shape index (κ1) is 13.0. The van der Waals surface area contributed by atoms with Crippen molar-refractivity contribution in [1.29, 1.82) is 0 Å². The second kappa shape index (κ2) is 4.26. The van der Waals surface area contributed by atoms with Gasteiger partial charge in [-0.1, -0.05) is 0 Å². The zero-order valence-electron chi connectivity index (χ0n) is 9.88. The Morgan fingerprint density at radius 2 is 2.25 bits per heavy atom. The fourth-order valence-electron chi connectivity index (χ4n) is 2.18. The number of nitrogens with zero attached hydrogens (tertiary/aromatic N) is 4. The predicted molar refractivity (Wildman–Crippen MR) is 61.7 cm³/mol. The number of carbonyl (C=O) groups excluding carboxylic acids is 1. The topological polar surface area (TPSA) is 105 Å². The van der Waals surface area contributed by atoms with Crippen LogP contribution in [0.2, 0.25) is 0 Å². The maximum Gasteiger partial charge on any atom is 0.418 e. The van der Waals surface area contributed by atoms with E-state index in [1.807, 2.05) is 0 Å². The minimum absolute atomic E-state index is 0.127. The SMILES string of the molecule is O=C1N2CC(n3ccc(F)n3)=CC(C2)N1OS(=O)(=O)O. The Morgan fingerprint density at radius 1 is 1.50 bits per heavy atom. The van der Waals surface area contributed by atoms with Gasteiger partial charge >= 0.3 is 16.4 Å². The quantitative estimate of drug-likeness (QED) is 0.770. The highest BCUT2D eigenvalue weighted by atomic mass is 32.3. The van der Waals surface area contributed by atoms with E-state index in [-0.39, 0.29) is 13.1 Å². The third kappa shape index (κ3) is 2.26. The molecule has 1 fully saturated rings. The number of aromatic nitrogens is 2. The molecule has 2 aliphatic rings. The Morgan fingerprint density at radius 3 is 2.85 bits per heavy atom. The van der Waals surface area contributed by atoms with Gasteiger partial charge in [-0.3, -0.25) is 4.55 Å². The molecule has 1 aromatic rings. The summed E-state index contributed by atoms with van der Waals surface area (Å²) in [7, 11) is -4.79. The van der Waals surface area contributed by atoms with Gasteiger partial charge < -0.3 is 4.90 Å². The number of hydroxylamine groups is 2. The molecule has 0 aromatic carbocycles. The zero-order valence-corrected chi connectivity index (χ0v) is 10.7. The molecule has 0 spiro atoms. The van der Waals surface area contributed by atoms with Gasteiger partial charge in [-0.05, 0) is 6.08 Å². The lowest BCUT2D eigenvalue weighted by Crippen LogP contribution is -2.35. The van der Waals surface area contributed by atoms with Crippen molar-refractivity contribution < 1.29 is 26.4 Å². The second-order valence-corrected chi connectivity index (χ2v) is 5.30. The van der Waals surface area contributed by atoms with E-state index >= 15 is 0 Å². The molecule has 1 aromatic heterocycles. The van der Waals surface area contributed by atoms with Gasteiger partial charge in [0.25, 0.3) is 0 Å². The fourth-order valence-corrected chi connectivity index (χ4v) is 2.56. The lowest BCUT2D eigenvalue weighted by atomic mass is 10.2. The molecule has 3 rings (SSSR count). The molecule has 9 nitrogen and oxygen atoms in total. The Labute approximate surface area is 112 Å². The predicted octanol–water partition coefficient (Wildman–Crippen LogP) is -0.283. The van der Waals surface area contributed by atoms with Crippen LogP contribution in [-0.4, -0.2) is 57.9 Å². The summed E-state index contributed by atoms with van der Waals surface area (Å²) in [5.41, 5.74) is 0.500. The summed E-state index contributed by atoms with van der Waals surface area (Å²) in [6.45, 7) is 0.337. The smallest absolute Gasteiger partial charge is 0.314 e. The van der Waals surface area contributed by atoms with Gasteiger partial charge in [-0.25, -0.2) is 9.48 Å². The summed E-state index contributed by atoms with van der Waals surface area (Å²) in [4.78, 5) is 13.2. The van der Waals surface area contributed by atoms with Crippen LogP contribution in [0.25, 0.3) is 5.70 Å². The molecule has 2 bridgehead atoms. The summed E-state index contributed by atoms with van der Waals surface area (Å²) >= 11 is 0. The minimum atomic E-state index is -4.79. The van der Waals surface area contributed by atoms with Gasteiger partial charge in [-0.15, -0.1) is 9.38 Å². The number of hydrogen-bond acceptors (Lipinski definition) is 5. The summed E-state index contributed by atoms with van der Waals surface area (Å²) in [6, 6.07) is -0.257. The van der Waals surface area contributed by atoms with Gasteiger partial charge in [0, 0.05) is 18.8 Å². The van der Waals surface area contributed by atoms with E-state index in [2.05, 4.69) is 9.38 Å². The van der Waals surface area contributed by atoms with Crippen LogP contribution in [0, 0.1) is 5.95 Å². The van der Waals surface area contributed by atoms with Crippen molar-refractivity contribution in [3.63, 3.8) is 0 Å². The molecule has 0 radical (unpaired) electrons. The molecule has 3 heterocycles. The van der Waals surface area contributed by atoms with Crippen molar-refractivity contribution >= 4 is 22.1 Å². The summed E-state index contributed by atoms with van der Waals surface area (Å²) in [6.07, 6.45) is 2.91. The van der Waals surface area contributed by atoms with Crippen LogP contribution >= 0.6 is 0 Å². The number of amides is 2. The Bertz CT molecular complexity index is 699. The molecule has 1 N–H and O–H groups in total. The van der Waals surface area contributed by atoms with Gasteiger partial charge in [0.15, 0.2) is 0 Å². The number of hydrogen-bond donors (Lipinski definition) is 1. The lowest BCUT2D eigenvalue weighted by molar-refractivity contribution is -0.0183. The molecule has 1 atom stereocenters. The third-order valence-electron chi connectivity index (χ3n) is 2.93. The van der Waals surface area contributed by atoms with Gasteiger partial charge in [0.05, 0.1) is 12.2 Å². The van der Waals surface area contributed by atoms with E-state index in [0.717, 1.165) is 6.07 Å². The first-order valence-electron chi connectivity index (χ1n) is 5.51. The summed E-state index contributed by atoms with van der Waals surface area (Å²) in [5, 5.41) is 4.13. The molecule has 20 heavy (non-hydrogen) atoms. The van der Waals surface area contributed by atoms with Crippen LogP contribution in [0.4, 0.5) is 9.18 Å². The van der Waals surface area contributed by atoms with Crippen molar-refractivity contribution in [2.45, 2.75) is 6.04 Å². The standard InChI is InChI=1S/C9H9FN4O5S/c10-8-1-2-13(11-8)6-3-7-5-12(4-6)9(15)14(7)19-20(16,17)18/h1-3,7H,4-5H2,(H,16,17,18). The minimum Gasteiger partial charge on any atom is -0.314 e. The van der Waals surface area contributed by atoms with Gasteiger partial charge in [0.2, 0.25) is 5.95 Å². The average molecular weight is 304 g/mol. The van der Waals surface area contributed by atoms with Crippen molar-refractivity contribution in [2.24, 2.45) is 0 Å². The number of fused-ring (bicyclic) bond motifs is 2. The first-order valence-corrected chi connectivity index (χ1v) is 6.87. The Balaban J connectivity index is 1.90. The Kier molecular flexibility index (Phi) is 2.77. The number of urea groups is 1. The maximum absolute atomic E-state index is 12.9. The lowest BCUT2D eigenvalue weighted by Gasteiger charge is -2.20. The molecular weight excluding hydrogens is 295 g/mol. The normalized spacial score (nSPS) is 22.4. The van der Waals surface area contributed by atoms with E-state index in [1.165, 1.54) is 21.9 Å². The van der Waals surface area contributed by atoms with Gasteiger partial charge in [-0.2, -0.15) is 17.9 Å². The molecule has 2 amide bonds. The molecule has 1 saturated heterocycles. The monoisotopic (exact) mass is 304 g/mol. The summed E-state index contributed by atoms with van der Waals surface area (Å²) in [5.74, 6) is -0.670. The molecular formula is C9H9FN4O5S. The molecule has 1 unspecified atom stereocenters. The van der Waals surface area contributed by atoms with E-state index in [9.17, 15) is 17.6 Å². The van der Waals surface area contributed by atoms with Crippen LogP contribution in [-0.2, 0) is 14.7 Å². The largest absolute Gasteiger partial charge is 0.418 e. The number of halogens is 1. The highest BCUT2D eigenvalue weighted by molar-refractivity contribution is 7.80. The first-order chi connectivity index (χ1) is 9.33. The van der Waals surface area contributed by atoms with E-state index in [1.54, 1.807) is 0 Å². The van der Waals surface area contributed by atoms with E-state index in [4.69, 9.17) is 4.55 Å². The highest BCUT2D eigenvalue weighted by Crippen LogP contribution is 2.27. The molecule has 0 saturated carbocycles. The molecule has 11 heteroatoms. The number of rotatable bonds is 3. The van der Waals surface area contributed by atoms with Crippen LogP contribution in [0.3, 0.4) is 0 Å². The van der Waals surface area contributed by atoms with E-state index < -0.39 is 28.4 Å².